The van der Waals surface area contributed by atoms with Gasteiger partial charge in [0, 0.05) is 37.4 Å². The number of ether oxygens (including phenoxy) is 1. The second-order valence-electron chi connectivity index (χ2n) is 5.56. The molecule has 0 bridgehead atoms. The minimum Gasteiger partial charge on any atom is -0.378 e. The Morgan fingerprint density at radius 3 is 2.57 bits per heavy atom. The van der Waals surface area contributed by atoms with Crippen LogP contribution in [0.4, 0.5) is 10.5 Å². The Morgan fingerprint density at radius 2 is 1.87 bits per heavy atom. The Hall–Kier alpha value is -2.41. The van der Waals surface area contributed by atoms with Crippen molar-refractivity contribution in [3.8, 4) is 0 Å². The third kappa shape index (κ3) is 3.34. The fourth-order valence-corrected chi connectivity index (χ4v) is 2.83. The highest BCUT2D eigenvalue weighted by Gasteiger charge is 2.31. The maximum atomic E-state index is 12.4. The molecule has 0 saturated carbocycles. The molecule has 7 nitrogen and oxygen atoms in total. The molecule has 0 radical (unpaired) electrons. The van der Waals surface area contributed by atoms with Crippen LogP contribution in [0.1, 0.15) is 10.4 Å². The molecule has 0 unspecified atom stereocenters. The Balaban J connectivity index is 1.66. The second kappa shape index (κ2) is 6.78. The van der Waals surface area contributed by atoms with Crippen LogP contribution in [0.5, 0.6) is 0 Å². The van der Waals surface area contributed by atoms with E-state index in [0.29, 0.717) is 50.6 Å². The van der Waals surface area contributed by atoms with Gasteiger partial charge in [-0.05, 0) is 12.1 Å². The van der Waals surface area contributed by atoms with Crippen LogP contribution in [-0.2, 0) is 9.53 Å². The van der Waals surface area contributed by atoms with E-state index in [-0.39, 0.29) is 18.5 Å². The van der Waals surface area contributed by atoms with Crippen molar-refractivity contribution in [1.82, 2.24) is 9.80 Å². The van der Waals surface area contributed by atoms with E-state index in [9.17, 15) is 14.4 Å². The van der Waals surface area contributed by atoms with Gasteiger partial charge < -0.3 is 19.4 Å². The highest BCUT2D eigenvalue weighted by molar-refractivity contribution is 5.98. The first-order chi connectivity index (χ1) is 11.2. The molecule has 122 valence electrons. The fourth-order valence-electron chi connectivity index (χ4n) is 2.83. The molecule has 7 heteroatoms. The van der Waals surface area contributed by atoms with Crippen molar-refractivity contribution in [2.45, 2.75) is 0 Å². The molecular formula is C16H19N3O4. The molecule has 2 aliphatic rings. The SMILES string of the molecule is O=Cc1cccc(N2CCN(C(=O)N3CCOCC3)CC2=O)c1. The average molecular weight is 317 g/mol. The second-order valence-corrected chi connectivity index (χ2v) is 5.56. The van der Waals surface area contributed by atoms with Gasteiger partial charge in [-0.2, -0.15) is 0 Å². The molecule has 1 aromatic rings. The average Bonchev–Trinajstić information content (AvgIpc) is 2.61. The van der Waals surface area contributed by atoms with Crippen LogP contribution in [0.2, 0.25) is 0 Å². The lowest BCUT2D eigenvalue weighted by atomic mass is 10.2. The zero-order valence-corrected chi connectivity index (χ0v) is 12.8. The first-order valence-corrected chi connectivity index (χ1v) is 7.66. The van der Waals surface area contributed by atoms with Crippen molar-refractivity contribution in [2.24, 2.45) is 0 Å². The van der Waals surface area contributed by atoms with Crippen molar-refractivity contribution in [3.63, 3.8) is 0 Å². The Bertz CT molecular complexity index is 613. The first-order valence-electron chi connectivity index (χ1n) is 7.66. The minimum absolute atomic E-state index is 0.0571. The molecule has 0 aliphatic carbocycles. The molecule has 3 rings (SSSR count). The lowest BCUT2D eigenvalue weighted by Crippen LogP contribution is -2.57. The zero-order valence-electron chi connectivity index (χ0n) is 12.8. The monoisotopic (exact) mass is 317 g/mol. The van der Waals surface area contributed by atoms with Crippen LogP contribution in [0, 0.1) is 0 Å². The number of hydrogen-bond donors (Lipinski definition) is 0. The standard InChI is InChI=1S/C16H19N3O4/c20-12-13-2-1-3-14(10-13)19-5-4-18(11-15(19)21)16(22)17-6-8-23-9-7-17/h1-3,10,12H,4-9,11H2. The van der Waals surface area contributed by atoms with Crippen LogP contribution >= 0.6 is 0 Å². The van der Waals surface area contributed by atoms with Gasteiger partial charge in [0.15, 0.2) is 0 Å². The minimum atomic E-state index is -0.138. The van der Waals surface area contributed by atoms with Gasteiger partial charge >= 0.3 is 6.03 Å². The lowest BCUT2D eigenvalue weighted by Gasteiger charge is -2.38. The molecule has 3 amide bonds. The number of aldehydes is 1. The van der Waals surface area contributed by atoms with Crippen molar-refractivity contribution in [2.75, 3.05) is 50.8 Å². The molecule has 2 saturated heterocycles. The summed E-state index contributed by atoms with van der Waals surface area (Å²) in [4.78, 5) is 40.6. The molecule has 2 fully saturated rings. The summed E-state index contributed by atoms with van der Waals surface area (Å²) in [5.74, 6) is -0.138. The molecule has 1 aromatic carbocycles. The maximum absolute atomic E-state index is 12.4. The number of urea groups is 1. The third-order valence-electron chi connectivity index (χ3n) is 4.09. The van der Waals surface area contributed by atoms with Gasteiger partial charge in [0.25, 0.3) is 0 Å². The highest BCUT2D eigenvalue weighted by atomic mass is 16.5. The van der Waals surface area contributed by atoms with Crippen molar-refractivity contribution in [1.29, 1.82) is 0 Å². The smallest absolute Gasteiger partial charge is 0.320 e. The summed E-state index contributed by atoms with van der Waals surface area (Å²) in [6.07, 6.45) is 0.756. The number of anilines is 1. The van der Waals surface area contributed by atoms with E-state index in [1.54, 1.807) is 39.0 Å². The Morgan fingerprint density at radius 1 is 1.09 bits per heavy atom. The number of hydrogen-bond acceptors (Lipinski definition) is 4. The summed E-state index contributed by atoms with van der Waals surface area (Å²) in [5.41, 5.74) is 1.22. The topological polar surface area (TPSA) is 70.2 Å². The number of carbonyl (C=O) groups is 3. The summed E-state index contributed by atoms with van der Waals surface area (Å²) in [6, 6.07) is 6.81. The van der Waals surface area contributed by atoms with Gasteiger partial charge in [-0.25, -0.2) is 4.79 Å². The van der Waals surface area contributed by atoms with E-state index in [1.165, 1.54) is 0 Å². The van der Waals surface area contributed by atoms with Crippen molar-refractivity contribution >= 4 is 23.9 Å². The van der Waals surface area contributed by atoms with Gasteiger partial charge in [-0.3, -0.25) is 9.59 Å². The summed E-state index contributed by atoms with van der Waals surface area (Å²) in [7, 11) is 0. The zero-order chi connectivity index (χ0) is 16.2. The number of rotatable bonds is 2. The molecular weight excluding hydrogens is 298 g/mol. The van der Waals surface area contributed by atoms with Crippen LogP contribution in [-0.4, -0.2) is 74.0 Å². The number of piperazine rings is 1. The number of carbonyl (C=O) groups excluding carboxylic acids is 3. The summed E-state index contributed by atoms with van der Waals surface area (Å²) in [6.45, 7) is 3.17. The van der Waals surface area contributed by atoms with E-state index in [1.807, 2.05) is 0 Å². The molecule has 0 N–H and O–H groups in total. The van der Waals surface area contributed by atoms with Crippen LogP contribution < -0.4 is 4.90 Å². The van der Waals surface area contributed by atoms with Crippen molar-refractivity contribution < 1.29 is 19.1 Å². The number of benzene rings is 1. The number of morpholine rings is 1. The quantitative estimate of drug-likeness (QED) is 0.749. The van der Waals surface area contributed by atoms with E-state index >= 15 is 0 Å². The number of amides is 3. The molecule has 0 atom stereocenters. The summed E-state index contributed by atoms with van der Waals surface area (Å²) >= 11 is 0. The third-order valence-corrected chi connectivity index (χ3v) is 4.09. The summed E-state index contributed by atoms with van der Waals surface area (Å²) < 4.78 is 5.24. The normalized spacial score (nSPS) is 19.0. The fraction of sp³-hybridized carbons (Fsp3) is 0.438. The number of nitrogens with zero attached hydrogens (tertiary/aromatic N) is 3. The van der Waals surface area contributed by atoms with Gasteiger partial charge in [0.05, 0.1) is 13.2 Å². The molecule has 0 spiro atoms. The van der Waals surface area contributed by atoms with Crippen molar-refractivity contribution in [3.05, 3.63) is 29.8 Å². The molecule has 2 aliphatic heterocycles. The van der Waals surface area contributed by atoms with Crippen LogP contribution in [0.15, 0.2) is 24.3 Å². The van der Waals surface area contributed by atoms with Gasteiger partial charge in [-0.1, -0.05) is 12.1 Å². The van der Waals surface area contributed by atoms with Gasteiger partial charge in [0.2, 0.25) is 5.91 Å². The Labute approximate surface area is 134 Å². The Kier molecular flexibility index (Phi) is 4.57. The highest BCUT2D eigenvalue weighted by Crippen LogP contribution is 2.19. The lowest BCUT2D eigenvalue weighted by molar-refractivity contribution is -0.120. The molecule has 2 heterocycles. The molecule has 23 heavy (non-hydrogen) atoms. The van der Waals surface area contributed by atoms with E-state index in [4.69, 9.17) is 4.74 Å². The van der Waals surface area contributed by atoms with Crippen LogP contribution in [0.3, 0.4) is 0 Å². The molecule has 0 aromatic heterocycles. The van der Waals surface area contributed by atoms with E-state index in [2.05, 4.69) is 0 Å². The first kappa shape index (κ1) is 15.5. The van der Waals surface area contributed by atoms with Gasteiger partial charge in [-0.15, -0.1) is 0 Å². The van der Waals surface area contributed by atoms with E-state index in [0.717, 1.165) is 6.29 Å². The predicted molar refractivity (Wildman–Crippen MR) is 83.5 cm³/mol. The predicted octanol–water partition coefficient (Wildman–Crippen LogP) is 0.600. The summed E-state index contributed by atoms with van der Waals surface area (Å²) in [5, 5.41) is 0. The largest absolute Gasteiger partial charge is 0.378 e. The maximum Gasteiger partial charge on any atom is 0.320 e. The van der Waals surface area contributed by atoms with Gasteiger partial charge in [0.1, 0.15) is 12.8 Å². The van der Waals surface area contributed by atoms with Crippen LogP contribution in [0.25, 0.3) is 0 Å². The van der Waals surface area contributed by atoms with E-state index < -0.39 is 0 Å².